The van der Waals surface area contributed by atoms with E-state index in [0.717, 1.165) is 38.5 Å². The summed E-state index contributed by atoms with van der Waals surface area (Å²) in [5.74, 6) is -1.01. The molecule has 0 spiro atoms. The molecule has 0 heterocycles. The van der Waals surface area contributed by atoms with Gasteiger partial charge in [0, 0.05) is 6.42 Å². The zero-order valence-corrected chi connectivity index (χ0v) is 31.5. The van der Waals surface area contributed by atoms with Gasteiger partial charge < -0.3 is 10.4 Å². The molecule has 0 bridgehead atoms. The Bertz CT molecular complexity index is 883. The van der Waals surface area contributed by atoms with Crippen molar-refractivity contribution in [3.63, 3.8) is 0 Å². The Morgan fingerprint density at radius 2 is 0.915 bits per heavy atom. The molecule has 0 rings (SSSR count). The number of unbranched alkanes of at least 4 members (excludes halogenated alkanes) is 23. The number of nitrogens with one attached hydrogen (secondary N) is 1. The van der Waals surface area contributed by atoms with Gasteiger partial charge in [0.15, 0.2) is 0 Å². The first-order valence-electron chi connectivity index (χ1n) is 19.7. The van der Waals surface area contributed by atoms with Crippen molar-refractivity contribution in [2.75, 3.05) is 5.75 Å². The molecule has 0 radical (unpaired) electrons. The maximum absolute atomic E-state index is 12.5. The number of carbonyl (C=O) groups excluding carboxylic acids is 1. The molecular formula is C40H75NO5S. The third-order valence-corrected chi connectivity index (χ3v) is 9.58. The van der Waals surface area contributed by atoms with Crippen LogP contribution < -0.4 is 5.32 Å². The molecule has 7 heteroatoms. The van der Waals surface area contributed by atoms with Crippen LogP contribution in [-0.4, -0.2) is 41.9 Å². The van der Waals surface area contributed by atoms with Gasteiger partial charge in [-0.25, -0.2) is 0 Å². The number of aliphatic hydroxyl groups excluding tert-OH is 1. The van der Waals surface area contributed by atoms with Crippen LogP contribution in [0.5, 0.6) is 0 Å². The highest BCUT2D eigenvalue weighted by molar-refractivity contribution is 7.85. The monoisotopic (exact) mass is 682 g/mol. The molecule has 1 amide bonds. The number of amides is 1. The summed E-state index contributed by atoms with van der Waals surface area (Å²) in [6.45, 7) is 4.51. The Morgan fingerprint density at radius 1 is 0.553 bits per heavy atom. The molecule has 47 heavy (non-hydrogen) atoms. The highest BCUT2D eigenvalue weighted by Gasteiger charge is 2.24. The van der Waals surface area contributed by atoms with E-state index in [-0.39, 0.29) is 12.3 Å². The fourth-order valence-corrected chi connectivity index (χ4v) is 6.57. The van der Waals surface area contributed by atoms with E-state index in [4.69, 9.17) is 0 Å². The molecule has 0 aromatic carbocycles. The predicted molar refractivity (Wildman–Crippen MR) is 202 cm³/mol. The summed E-state index contributed by atoms with van der Waals surface area (Å²) in [5.41, 5.74) is 0. The van der Waals surface area contributed by atoms with Gasteiger partial charge in [-0.05, 0) is 44.9 Å². The van der Waals surface area contributed by atoms with Crippen molar-refractivity contribution in [2.45, 2.75) is 206 Å². The predicted octanol–water partition coefficient (Wildman–Crippen LogP) is 11.4. The molecule has 0 aliphatic heterocycles. The van der Waals surface area contributed by atoms with Gasteiger partial charge in [0.2, 0.25) is 5.91 Å². The molecule has 0 fully saturated rings. The van der Waals surface area contributed by atoms with E-state index in [1.165, 1.54) is 134 Å². The van der Waals surface area contributed by atoms with Crippen LogP contribution in [0, 0.1) is 0 Å². The number of hydrogen-bond acceptors (Lipinski definition) is 4. The van der Waals surface area contributed by atoms with Gasteiger partial charge in [0.25, 0.3) is 10.1 Å². The van der Waals surface area contributed by atoms with Gasteiger partial charge in [-0.3, -0.25) is 9.35 Å². The molecular weight excluding hydrogens is 607 g/mol. The summed E-state index contributed by atoms with van der Waals surface area (Å²) in [4.78, 5) is 12.5. The maximum atomic E-state index is 12.5. The van der Waals surface area contributed by atoms with Crippen LogP contribution in [0.15, 0.2) is 36.5 Å². The second-order valence-corrected chi connectivity index (χ2v) is 15.0. The second-order valence-electron chi connectivity index (χ2n) is 13.5. The second kappa shape index (κ2) is 34.4. The quantitative estimate of drug-likeness (QED) is 0.0351. The van der Waals surface area contributed by atoms with Crippen molar-refractivity contribution in [3.8, 4) is 0 Å². The highest BCUT2D eigenvalue weighted by atomic mass is 32.2. The Hall–Kier alpha value is -1.44. The van der Waals surface area contributed by atoms with Gasteiger partial charge in [0.05, 0.1) is 17.9 Å². The number of aliphatic hydroxyl groups is 1. The van der Waals surface area contributed by atoms with Gasteiger partial charge in [-0.15, -0.1) is 0 Å². The topological polar surface area (TPSA) is 104 Å². The first-order chi connectivity index (χ1) is 22.8. The van der Waals surface area contributed by atoms with E-state index < -0.39 is 28.0 Å². The number of carbonyl (C=O) groups is 1. The smallest absolute Gasteiger partial charge is 0.267 e. The summed E-state index contributed by atoms with van der Waals surface area (Å²) < 4.78 is 32.4. The van der Waals surface area contributed by atoms with Crippen LogP contribution in [0.2, 0.25) is 0 Å². The molecule has 0 aliphatic rings. The summed E-state index contributed by atoms with van der Waals surface area (Å²) in [7, 11) is -4.35. The van der Waals surface area contributed by atoms with Crippen molar-refractivity contribution in [1.82, 2.24) is 5.32 Å². The van der Waals surface area contributed by atoms with Crippen LogP contribution in [0.25, 0.3) is 0 Å². The van der Waals surface area contributed by atoms with E-state index in [1.807, 2.05) is 0 Å². The van der Waals surface area contributed by atoms with Crippen LogP contribution in [0.3, 0.4) is 0 Å². The molecule has 0 saturated heterocycles. The van der Waals surface area contributed by atoms with Crippen molar-refractivity contribution < 1.29 is 22.9 Å². The largest absolute Gasteiger partial charge is 0.387 e. The Balaban J connectivity index is 4.02. The molecule has 2 unspecified atom stereocenters. The highest BCUT2D eigenvalue weighted by Crippen LogP contribution is 2.14. The molecule has 0 aromatic rings. The SMILES string of the molecule is CCCCCCCCCCC/C=C/CC/C=C/CC/C=C/C(O)C(CS(=O)(=O)O)NC(=O)CCCCCCCCCCCCCCC. The van der Waals surface area contributed by atoms with Crippen molar-refractivity contribution in [3.05, 3.63) is 36.5 Å². The van der Waals surface area contributed by atoms with Gasteiger partial charge in [0.1, 0.15) is 0 Å². The average molecular weight is 682 g/mol. The molecule has 0 saturated carbocycles. The lowest BCUT2D eigenvalue weighted by atomic mass is 10.0. The van der Waals surface area contributed by atoms with Gasteiger partial charge >= 0.3 is 0 Å². The fraction of sp³-hybridized carbons (Fsp3) is 0.825. The summed E-state index contributed by atoms with van der Waals surface area (Å²) >= 11 is 0. The van der Waals surface area contributed by atoms with Crippen LogP contribution in [0.4, 0.5) is 0 Å². The molecule has 6 nitrogen and oxygen atoms in total. The standard InChI is InChI=1S/C40H75NO5S/c1-3-5-7-9-11-13-15-17-18-19-20-21-22-24-25-27-29-31-33-35-39(42)38(37-47(44,45)46)41-40(43)36-34-32-30-28-26-23-16-14-12-10-8-6-4-2/h20-21,25,27,33,35,38-39,42H,3-19,22-24,26,28-32,34,36-37H2,1-2H3,(H,41,43)(H,44,45,46)/b21-20+,27-25+,35-33+. The normalized spacial score (nSPS) is 13.7. The van der Waals surface area contributed by atoms with Crippen LogP contribution >= 0.6 is 0 Å². The summed E-state index contributed by atoms with van der Waals surface area (Å²) in [6.07, 6.45) is 44.1. The molecule has 0 aliphatic carbocycles. The zero-order valence-electron chi connectivity index (χ0n) is 30.7. The number of hydrogen-bond donors (Lipinski definition) is 3. The Labute approximate surface area is 291 Å². The van der Waals surface area contributed by atoms with Gasteiger partial charge in [-0.1, -0.05) is 179 Å². The van der Waals surface area contributed by atoms with Crippen LogP contribution in [0.1, 0.15) is 194 Å². The van der Waals surface area contributed by atoms with Crippen molar-refractivity contribution in [1.29, 1.82) is 0 Å². The minimum absolute atomic E-state index is 0.287. The first-order valence-corrected chi connectivity index (χ1v) is 21.3. The first kappa shape index (κ1) is 45.6. The summed E-state index contributed by atoms with van der Waals surface area (Å²) in [5, 5.41) is 13.2. The Kier molecular flexibility index (Phi) is 33.4. The molecule has 276 valence electrons. The Morgan fingerprint density at radius 3 is 1.34 bits per heavy atom. The third-order valence-electron chi connectivity index (χ3n) is 8.80. The van der Waals surface area contributed by atoms with Crippen molar-refractivity contribution in [2.24, 2.45) is 0 Å². The third kappa shape index (κ3) is 35.7. The molecule has 2 atom stereocenters. The zero-order chi connectivity index (χ0) is 34.7. The van der Waals surface area contributed by atoms with E-state index in [9.17, 15) is 22.9 Å². The van der Waals surface area contributed by atoms with Gasteiger partial charge in [-0.2, -0.15) is 8.42 Å². The van der Waals surface area contributed by atoms with E-state index in [0.29, 0.717) is 6.42 Å². The maximum Gasteiger partial charge on any atom is 0.267 e. The van der Waals surface area contributed by atoms with E-state index in [1.54, 1.807) is 6.08 Å². The van der Waals surface area contributed by atoms with E-state index in [2.05, 4.69) is 43.5 Å². The lowest BCUT2D eigenvalue weighted by Gasteiger charge is -2.21. The lowest BCUT2D eigenvalue weighted by Crippen LogP contribution is -2.46. The van der Waals surface area contributed by atoms with Crippen molar-refractivity contribution >= 4 is 16.0 Å². The minimum atomic E-state index is -4.35. The molecule has 3 N–H and O–H groups in total. The number of rotatable bonds is 35. The average Bonchev–Trinajstić information content (AvgIpc) is 3.03. The fourth-order valence-electron chi connectivity index (χ4n) is 5.83. The number of allylic oxidation sites excluding steroid dienone is 5. The molecule has 0 aromatic heterocycles. The lowest BCUT2D eigenvalue weighted by molar-refractivity contribution is -0.122. The van der Waals surface area contributed by atoms with E-state index >= 15 is 0 Å². The van der Waals surface area contributed by atoms with Crippen LogP contribution in [-0.2, 0) is 14.9 Å². The minimum Gasteiger partial charge on any atom is -0.387 e. The summed E-state index contributed by atoms with van der Waals surface area (Å²) in [6, 6.07) is -1.08.